The van der Waals surface area contributed by atoms with Crippen LogP contribution in [-0.4, -0.2) is 49.3 Å². The third kappa shape index (κ3) is 4.05. The Balaban J connectivity index is 2.94. The molecule has 4 N–H and O–H groups in total. The molecule has 1 amide bonds. The highest BCUT2D eigenvalue weighted by atomic mass is 32.2. The van der Waals surface area contributed by atoms with E-state index in [2.05, 4.69) is 5.32 Å². The second kappa shape index (κ2) is 7.40. The number of nitrogens with one attached hydrogen (secondary N) is 1. The molecule has 0 fully saturated rings. The Morgan fingerprint density at radius 1 is 1.50 bits per heavy atom. The van der Waals surface area contributed by atoms with Gasteiger partial charge in [0.1, 0.15) is 0 Å². The predicted octanol–water partition coefficient (Wildman–Crippen LogP) is 1.18. The van der Waals surface area contributed by atoms with E-state index in [1.165, 1.54) is 11.8 Å². The monoisotopic (exact) mass is 297 g/mol. The number of carbonyl (C=O) groups is 1. The molecule has 0 aliphatic carbocycles. The minimum atomic E-state index is -0.180. The van der Waals surface area contributed by atoms with Gasteiger partial charge in [0.2, 0.25) is 0 Å². The number of benzene rings is 1. The first kappa shape index (κ1) is 16.7. The number of carbonyl (C=O) groups excluding carboxylic acids is 1. The summed E-state index contributed by atoms with van der Waals surface area (Å²) in [5.74, 6) is -0.180. The van der Waals surface area contributed by atoms with Crippen LogP contribution in [0.25, 0.3) is 0 Å². The molecule has 6 heteroatoms. The molecular weight excluding hydrogens is 274 g/mol. The predicted molar refractivity (Wildman–Crippen MR) is 86.5 cm³/mol. The Hall–Kier alpha value is -1.40. The Labute approximate surface area is 124 Å². The highest BCUT2D eigenvalue weighted by Gasteiger charge is 2.20. The Kier molecular flexibility index (Phi) is 6.16. The lowest BCUT2D eigenvalue weighted by Gasteiger charge is -2.23. The van der Waals surface area contributed by atoms with Crippen LogP contribution in [-0.2, 0) is 0 Å². The summed E-state index contributed by atoms with van der Waals surface area (Å²) < 4.78 is 0. The van der Waals surface area contributed by atoms with Crippen LogP contribution >= 0.6 is 11.8 Å². The van der Waals surface area contributed by atoms with Crippen molar-refractivity contribution in [3.8, 4) is 0 Å². The molecular formula is C14H23N3O2S. The van der Waals surface area contributed by atoms with Gasteiger partial charge in [-0.15, -0.1) is 0 Å². The lowest BCUT2D eigenvalue weighted by molar-refractivity contribution is 0.0936. The number of hydrogen-bond donors (Lipinski definition) is 3. The molecule has 0 aliphatic heterocycles. The standard InChI is InChI=1S/C14H23N3O2S/c1-9(13(8-18)20-4)16-14(19)11-7-10(15)5-6-12(11)17(2)3/h5-7,9,13,18H,8,15H2,1-4H3,(H,16,19). The summed E-state index contributed by atoms with van der Waals surface area (Å²) in [6, 6.07) is 5.14. The summed E-state index contributed by atoms with van der Waals surface area (Å²) in [5, 5.41) is 12.2. The van der Waals surface area contributed by atoms with Crippen molar-refractivity contribution in [3.05, 3.63) is 23.8 Å². The maximum absolute atomic E-state index is 12.4. The van der Waals surface area contributed by atoms with Gasteiger partial charge in [-0.2, -0.15) is 11.8 Å². The smallest absolute Gasteiger partial charge is 0.253 e. The first-order valence-corrected chi connectivity index (χ1v) is 7.70. The average molecular weight is 297 g/mol. The number of aliphatic hydroxyl groups excluding tert-OH is 1. The number of anilines is 2. The van der Waals surface area contributed by atoms with Gasteiger partial charge in [0, 0.05) is 36.8 Å². The molecule has 2 unspecified atom stereocenters. The van der Waals surface area contributed by atoms with Crippen molar-refractivity contribution in [2.45, 2.75) is 18.2 Å². The quantitative estimate of drug-likeness (QED) is 0.687. The normalized spacial score (nSPS) is 13.7. The van der Waals surface area contributed by atoms with Crippen LogP contribution in [0.5, 0.6) is 0 Å². The largest absolute Gasteiger partial charge is 0.399 e. The molecule has 0 aromatic heterocycles. The van der Waals surface area contributed by atoms with Crippen molar-refractivity contribution >= 4 is 29.0 Å². The molecule has 2 atom stereocenters. The van der Waals surface area contributed by atoms with Gasteiger partial charge in [0.25, 0.3) is 5.91 Å². The van der Waals surface area contributed by atoms with Crippen LogP contribution in [0.4, 0.5) is 11.4 Å². The van der Waals surface area contributed by atoms with Gasteiger partial charge in [-0.05, 0) is 31.4 Å². The molecule has 5 nitrogen and oxygen atoms in total. The van der Waals surface area contributed by atoms with Crippen LogP contribution in [0, 0.1) is 0 Å². The van der Waals surface area contributed by atoms with Gasteiger partial charge in [-0.3, -0.25) is 4.79 Å². The fraction of sp³-hybridized carbons (Fsp3) is 0.500. The molecule has 1 aromatic rings. The number of hydrogen-bond acceptors (Lipinski definition) is 5. The van der Waals surface area contributed by atoms with Crippen LogP contribution in [0.1, 0.15) is 17.3 Å². The lowest BCUT2D eigenvalue weighted by Crippen LogP contribution is -2.41. The van der Waals surface area contributed by atoms with Crippen LogP contribution in [0.2, 0.25) is 0 Å². The van der Waals surface area contributed by atoms with E-state index in [-0.39, 0.29) is 23.8 Å². The SMILES string of the molecule is CSC(CO)C(C)NC(=O)c1cc(N)ccc1N(C)C. The van der Waals surface area contributed by atoms with Gasteiger partial charge in [-0.1, -0.05) is 0 Å². The molecule has 0 radical (unpaired) electrons. The van der Waals surface area contributed by atoms with E-state index in [0.29, 0.717) is 11.3 Å². The Morgan fingerprint density at radius 2 is 2.15 bits per heavy atom. The van der Waals surface area contributed by atoms with Crippen LogP contribution < -0.4 is 16.0 Å². The third-order valence-electron chi connectivity index (χ3n) is 3.15. The van der Waals surface area contributed by atoms with E-state index in [1.54, 1.807) is 12.1 Å². The second-order valence-electron chi connectivity index (χ2n) is 4.89. The lowest BCUT2D eigenvalue weighted by atomic mass is 10.1. The highest BCUT2D eigenvalue weighted by molar-refractivity contribution is 7.99. The molecule has 0 saturated heterocycles. The first-order valence-electron chi connectivity index (χ1n) is 6.42. The third-order valence-corrected chi connectivity index (χ3v) is 4.31. The number of nitrogen functional groups attached to an aromatic ring is 1. The topological polar surface area (TPSA) is 78.6 Å². The van der Waals surface area contributed by atoms with Crippen molar-refractivity contribution in [3.63, 3.8) is 0 Å². The molecule has 0 heterocycles. The van der Waals surface area contributed by atoms with Gasteiger partial charge in [-0.25, -0.2) is 0 Å². The molecule has 0 saturated carbocycles. The highest BCUT2D eigenvalue weighted by Crippen LogP contribution is 2.22. The van der Waals surface area contributed by atoms with Crippen LogP contribution in [0.15, 0.2) is 18.2 Å². The fourth-order valence-electron chi connectivity index (χ4n) is 1.94. The van der Waals surface area contributed by atoms with Gasteiger partial charge in [0.15, 0.2) is 0 Å². The van der Waals surface area contributed by atoms with E-state index in [0.717, 1.165) is 5.69 Å². The van der Waals surface area contributed by atoms with E-state index in [1.807, 2.05) is 38.2 Å². The summed E-state index contributed by atoms with van der Waals surface area (Å²) in [7, 11) is 3.76. The fourth-order valence-corrected chi connectivity index (χ4v) is 2.57. The molecule has 112 valence electrons. The second-order valence-corrected chi connectivity index (χ2v) is 5.97. The Bertz CT molecular complexity index is 462. The van der Waals surface area contributed by atoms with E-state index < -0.39 is 0 Å². The number of amides is 1. The summed E-state index contributed by atoms with van der Waals surface area (Å²) >= 11 is 1.53. The van der Waals surface area contributed by atoms with Gasteiger partial charge in [0.05, 0.1) is 12.2 Å². The maximum Gasteiger partial charge on any atom is 0.253 e. The minimum Gasteiger partial charge on any atom is -0.399 e. The minimum absolute atomic E-state index is 0.0252. The summed E-state index contributed by atoms with van der Waals surface area (Å²) in [5.41, 5.74) is 7.67. The zero-order valence-corrected chi connectivity index (χ0v) is 13.2. The summed E-state index contributed by atoms with van der Waals surface area (Å²) in [6.07, 6.45) is 1.91. The number of nitrogens with two attached hydrogens (primary N) is 1. The molecule has 0 aliphatic rings. The summed E-state index contributed by atoms with van der Waals surface area (Å²) in [6.45, 7) is 1.91. The van der Waals surface area contributed by atoms with Gasteiger partial charge >= 0.3 is 0 Å². The number of nitrogens with zero attached hydrogens (tertiary/aromatic N) is 1. The van der Waals surface area contributed by atoms with Crippen molar-refractivity contribution in [2.24, 2.45) is 0 Å². The molecule has 1 rings (SSSR count). The zero-order chi connectivity index (χ0) is 15.3. The first-order chi connectivity index (χ1) is 9.40. The molecule has 20 heavy (non-hydrogen) atoms. The summed E-state index contributed by atoms with van der Waals surface area (Å²) in [4.78, 5) is 14.3. The van der Waals surface area contributed by atoms with E-state index >= 15 is 0 Å². The van der Waals surface area contributed by atoms with E-state index in [9.17, 15) is 9.90 Å². The van der Waals surface area contributed by atoms with Gasteiger partial charge < -0.3 is 21.1 Å². The molecule has 0 bridgehead atoms. The number of aliphatic hydroxyl groups is 1. The molecule has 0 spiro atoms. The van der Waals surface area contributed by atoms with Crippen molar-refractivity contribution in [1.29, 1.82) is 0 Å². The average Bonchev–Trinajstić information content (AvgIpc) is 2.39. The van der Waals surface area contributed by atoms with Crippen molar-refractivity contribution in [1.82, 2.24) is 5.32 Å². The molecule has 1 aromatic carbocycles. The maximum atomic E-state index is 12.4. The van der Waals surface area contributed by atoms with Crippen molar-refractivity contribution in [2.75, 3.05) is 37.6 Å². The van der Waals surface area contributed by atoms with Crippen LogP contribution in [0.3, 0.4) is 0 Å². The number of thioether (sulfide) groups is 1. The number of rotatable bonds is 6. The zero-order valence-electron chi connectivity index (χ0n) is 12.4. The van der Waals surface area contributed by atoms with E-state index in [4.69, 9.17) is 5.73 Å². The Morgan fingerprint density at radius 3 is 2.65 bits per heavy atom. The van der Waals surface area contributed by atoms with Crippen molar-refractivity contribution < 1.29 is 9.90 Å².